The first kappa shape index (κ1) is 21.1. The first-order valence-corrected chi connectivity index (χ1v) is 8.39. The van der Waals surface area contributed by atoms with Gasteiger partial charge in [-0.3, -0.25) is 9.59 Å². The van der Waals surface area contributed by atoms with E-state index in [1.54, 1.807) is 0 Å². The molecule has 1 aromatic rings. The predicted octanol–water partition coefficient (Wildman–Crippen LogP) is 2.34. The number of rotatable bonds is 3. The molecule has 0 radical (unpaired) electrons. The van der Waals surface area contributed by atoms with E-state index >= 15 is 0 Å². The fourth-order valence-corrected chi connectivity index (χ4v) is 6.11. The highest BCUT2D eigenvalue weighted by atomic mass is 127. The molecule has 3 N–H and O–H groups in total. The van der Waals surface area contributed by atoms with E-state index in [1.807, 2.05) is 67.8 Å². The molecule has 0 aliphatic rings. The number of nitrogens with one attached hydrogen (secondary N) is 2. The third-order valence-corrected chi connectivity index (χ3v) is 5.68. The molecule has 0 aliphatic heterocycles. The minimum absolute atomic E-state index is 0. The number of amides is 2. The average molecular weight is 650 g/mol. The summed E-state index contributed by atoms with van der Waals surface area (Å²) in [5.74, 6) is -2.03. The highest BCUT2D eigenvalue weighted by Crippen LogP contribution is 2.32. The topological polar surface area (TPSA) is 95.5 Å². The predicted molar refractivity (Wildman–Crippen MR) is 106 cm³/mol. The first-order chi connectivity index (χ1) is 9.27. The number of carbonyl (C=O) groups is 3. The van der Waals surface area contributed by atoms with Crippen molar-refractivity contribution in [3.05, 3.63) is 27.4 Å². The molecule has 0 spiro atoms. The maximum Gasteiger partial charge on any atom is 0.337 e. The van der Waals surface area contributed by atoms with Crippen LogP contribution >= 0.6 is 80.2 Å². The lowest BCUT2D eigenvalue weighted by molar-refractivity contribution is 0.0694. The molecule has 0 atom stereocenters. The van der Waals surface area contributed by atoms with Gasteiger partial charge in [-0.15, -0.1) is 12.4 Å². The summed E-state index contributed by atoms with van der Waals surface area (Å²) in [5, 5.41) is 14.2. The molecular weight excluding hydrogens is 640 g/mol. The van der Waals surface area contributed by atoms with Crippen LogP contribution in [-0.4, -0.2) is 37.0 Å². The van der Waals surface area contributed by atoms with Gasteiger partial charge in [0.1, 0.15) is 0 Å². The van der Waals surface area contributed by atoms with E-state index in [4.69, 9.17) is 0 Å². The summed E-state index contributed by atoms with van der Waals surface area (Å²) in [6.45, 7) is 0. The lowest BCUT2D eigenvalue weighted by Crippen LogP contribution is -2.28. The molecule has 0 aromatic heterocycles. The van der Waals surface area contributed by atoms with Gasteiger partial charge in [0.05, 0.1) is 16.7 Å². The summed E-state index contributed by atoms with van der Waals surface area (Å²) in [7, 11) is 2.90. The number of hydrogen-bond acceptors (Lipinski definition) is 3. The average Bonchev–Trinajstić information content (AvgIpc) is 2.37. The van der Waals surface area contributed by atoms with Crippen LogP contribution in [0, 0.1) is 10.7 Å². The van der Waals surface area contributed by atoms with Crippen LogP contribution in [0.4, 0.5) is 0 Å². The molecule has 1 aromatic carbocycles. The Balaban J connectivity index is 0.00000400. The second-order valence-electron chi connectivity index (χ2n) is 3.53. The number of aromatic carboxylic acids is 1. The summed E-state index contributed by atoms with van der Waals surface area (Å²) >= 11 is 5.52. The van der Waals surface area contributed by atoms with Crippen LogP contribution in [0.15, 0.2) is 0 Å². The van der Waals surface area contributed by atoms with Crippen molar-refractivity contribution < 1.29 is 19.5 Å². The zero-order valence-electron chi connectivity index (χ0n) is 10.7. The number of benzene rings is 1. The molecule has 0 heterocycles. The van der Waals surface area contributed by atoms with Crippen molar-refractivity contribution in [2.24, 2.45) is 0 Å². The molecule has 1 rings (SSSR count). The van der Waals surface area contributed by atoms with E-state index in [0.29, 0.717) is 10.7 Å². The molecule has 2 amide bonds. The Morgan fingerprint density at radius 3 is 1.33 bits per heavy atom. The minimum atomic E-state index is -1.18. The standard InChI is InChI=1S/C11H9I3N2O4.ClH/c1-15-9(17)3-6(12)4(10(18)16-2)8(14)5(7(3)13)11(19)20;/h1-2H3,(H,15,17)(H,16,18)(H,19,20);1H. The Labute approximate surface area is 168 Å². The molecule has 0 saturated heterocycles. The van der Waals surface area contributed by atoms with Gasteiger partial charge in [-0.2, -0.15) is 0 Å². The summed E-state index contributed by atoms with van der Waals surface area (Å²) in [6, 6.07) is 0. The summed E-state index contributed by atoms with van der Waals surface area (Å²) < 4.78 is 1.06. The van der Waals surface area contributed by atoms with Crippen molar-refractivity contribution in [3.8, 4) is 0 Å². The zero-order chi connectivity index (χ0) is 15.6. The Hall–Kier alpha value is 0.110. The fraction of sp³-hybridized carbons (Fsp3) is 0.182. The van der Waals surface area contributed by atoms with Crippen molar-refractivity contribution >= 4 is 98.0 Å². The highest BCUT2D eigenvalue weighted by molar-refractivity contribution is 14.1. The zero-order valence-corrected chi connectivity index (χ0v) is 18.0. The summed E-state index contributed by atoms with van der Waals surface area (Å²) in [5.41, 5.74) is 0.360. The second kappa shape index (κ2) is 8.67. The van der Waals surface area contributed by atoms with E-state index in [0.717, 1.165) is 0 Å². The van der Waals surface area contributed by atoms with Crippen LogP contribution in [0.5, 0.6) is 0 Å². The fourth-order valence-electron chi connectivity index (χ4n) is 1.50. The van der Waals surface area contributed by atoms with Crippen LogP contribution in [0.1, 0.15) is 31.1 Å². The number of carboxylic acids is 1. The Morgan fingerprint density at radius 2 is 1.10 bits per heavy atom. The molecule has 0 bridgehead atoms. The van der Waals surface area contributed by atoms with E-state index in [-0.39, 0.29) is 29.1 Å². The molecule has 0 unspecified atom stereocenters. The summed E-state index contributed by atoms with van der Waals surface area (Å²) in [4.78, 5) is 35.3. The lowest BCUT2D eigenvalue weighted by Gasteiger charge is -2.15. The van der Waals surface area contributed by atoms with Crippen molar-refractivity contribution in [3.63, 3.8) is 0 Å². The van der Waals surface area contributed by atoms with Crippen LogP contribution < -0.4 is 10.6 Å². The van der Waals surface area contributed by atoms with Gasteiger partial charge in [0, 0.05) is 24.8 Å². The quantitative estimate of drug-likeness (QED) is 0.438. The number of carboxylic acid groups (broad SMARTS) is 1. The van der Waals surface area contributed by atoms with Gasteiger partial charge in [-0.05, 0) is 67.8 Å². The molecule has 0 fully saturated rings. The first-order valence-electron chi connectivity index (χ1n) is 5.15. The number of carbonyl (C=O) groups excluding carboxylic acids is 2. The third-order valence-electron chi connectivity index (χ3n) is 2.44. The highest BCUT2D eigenvalue weighted by Gasteiger charge is 2.29. The van der Waals surface area contributed by atoms with E-state index in [1.165, 1.54) is 14.1 Å². The van der Waals surface area contributed by atoms with Gasteiger partial charge in [-0.25, -0.2) is 4.79 Å². The molecule has 0 saturated carbocycles. The van der Waals surface area contributed by atoms with Crippen LogP contribution in [0.3, 0.4) is 0 Å². The minimum Gasteiger partial charge on any atom is -0.478 e. The van der Waals surface area contributed by atoms with Gasteiger partial charge < -0.3 is 15.7 Å². The van der Waals surface area contributed by atoms with E-state index < -0.39 is 17.8 Å². The van der Waals surface area contributed by atoms with E-state index in [9.17, 15) is 19.5 Å². The normalized spacial score (nSPS) is 9.57. The van der Waals surface area contributed by atoms with Gasteiger partial charge in [0.15, 0.2) is 0 Å². The largest absolute Gasteiger partial charge is 0.478 e. The molecule has 0 aliphatic carbocycles. The van der Waals surface area contributed by atoms with Gasteiger partial charge >= 0.3 is 5.97 Å². The molecule has 6 nitrogen and oxygen atoms in total. The maximum atomic E-state index is 12.0. The smallest absolute Gasteiger partial charge is 0.337 e. The van der Waals surface area contributed by atoms with Crippen molar-refractivity contribution in [1.29, 1.82) is 0 Å². The van der Waals surface area contributed by atoms with E-state index in [2.05, 4.69) is 10.6 Å². The lowest BCUT2D eigenvalue weighted by atomic mass is 10.0. The molecule has 10 heteroatoms. The maximum absolute atomic E-state index is 12.0. The monoisotopic (exact) mass is 650 g/mol. The number of halogens is 4. The third kappa shape index (κ3) is 4.10. The Kier molecular flexibility index (Phi) is 8.71. The second-order valence-corrected chi connectivity index (χ2v) is 6.77. The van der Waals surface area contributed by atoms with Crippen LogP contribution in [0.2, 0.25) is 0 Å². The van der Waals surface area contributed by atoms with Crippen molar-refractivity contribution in [2.45, 2.75) is 0 Å². The Bertz CT molecular complexity index is 579. The van der Waals surface area contributed by atoms with Gasteiger partial charge in [0.25, 0.3) is 11.8 Å². The van der Waals surface area contributed by atoms with Crippen molar-refractivity contribution in [2.75, 3.05) is 14.1 Å². The van der Waals surface area contributed by atoms with Crippen LogP contribution in [0.25, 0.3) is 0 Å². The summed E-state index contributed by atoms with van der Waals surface area (Å²) in [6.07, 6.45) is 0. The Morgan fingerprint density at radius 1 is 0.810 bits per heavy atom. The molecule has 116 valence electrons. The SMILES string of the molecule is CNC(=O)c1c(I)c(C(=O)O)c(I)c(C(=O)NC)c1I.Cl. The molecule has 21 heavy (non-hydrogen) atoms. The number of hydrogen-bond donors (Lipinski definition) is 3. The van der Waals surface area contributed by atoms with Gasteiger partial charge in [0.2, 0.25) is 0 Å². The molecular formula is C11H10ClI3N2O4. The van der Waals surface area contributed by atoms with Crippen LogP contribution in [-0.2, 0) is 0 Å². The van der Waals surface area contributed by atoms with Gasteiger partial charge in [-0.1, -0.05) is 0 Å². The van der Waals surface area contributed by atoms with Crippen molar-refractivity contribution in [1.82, 2.24) is 10.6 Å².